The lowest BCUT2D eigenvalue weighted by atomic mass is 9.51. The minimum Gasteiger partial charge on any atom is -0.415 e. The van der Waals surface area contributed by atoms with Crippen LogP contribution in [0.1, 0.15) is 38.2 Å². The Morgan fingerprint density at radius 1 is 0.846 bits per heavy atom. The van der Waals surface area contributed by atoms with Crippen LogP contribution in [0.2, 0.25) is 0 Å². The number of nitrogens with zero attached hydrogens (tertiary/aromatic N) is 1. The number of ketones is 1. The number of carbonyl (C=O) groups is 1. The average molecular weight is 343 g/mol. The molecule has 0 N–H and O–H groups in total. The number of allylic oxidation sites excluding steroid dienone is 2. The van der Waals surface area contributed by atoms with E-state index in [1.54, 1.807) is 0 Å². The van der Waals surface area contributed by atoms with E-state index in [0.717, 1.165) is 22.3 Å². The number of rotatable bonds is 3. The molecule has 1 aliphatic rings. The summed E-state index contributed by atoms with van der Waals surface area (Å²) in [5.74, 6) is 2.22. The van der Waals surface area contributed by atoms with E-state index in [2.05, 4.69) is 49.8 Å². The molecule has 2 aromatic rings. The second kappa shape index (κ2) is 6.99. The summed E-state index contributed by atoms with van der Waals surface area (Å²) in [6, 6.07) is 10.5. The molecule has 1 heterocycles. The lowest BCUT2D eigenvalue weighted by Gasteiger charge is -2.28. The SMILES string of the molecule is Cc1cc(C)cc(C(=O)C2=CN(C)B(c3c(C)cc(C)cc3C)C=C2)c1. The molecule has 2 aromatic carbocycles. The first kappa shape index (κ1) is 18.3. The molecule has 0 aliphatic carbocycles. The fraction of sp³-hybridized carbons (Fsp3) is 0.261. The van der Waals surface area contributed by atoms with E-state index in [0.29, 0.717) is 0 Å². The Balaban J connectivity index is 1.91. The van der Waals surface area contributed by atoms with Crippen molar-refractivity contribution in [2.75, 3.05) is 7.05 Å². The van der Waals surface area contributed by atoms with E-state index >= 15 is 0 Å². The lowest BCUT2D eigenvalue weighted by Crippen LogP contribution is -2.46. The van der Waals surface area contributed by atoms with Gasteiger partial charge < -0.3 is 4.81 Å². The molecule has 0 unspecified atom stereocenters. The molecule has 3 rings (SSSR count). The summed E-state index contributed by atoms with van der Waals surface area (Å²) < 4.78 is 0. The third-order valence-corrected chi connectivity index (χ3v) is 5.02. The van der Waals surface area contributed by atoms with Gasteiger partial charge in [-0.2, -0.15) is 0 Å². The molecule has 0 amide bonds. The summed E-state index contributed by atoms with van der Waals surface area (Å²) >= 11 is 0. The van der Waals surface area contributed by atoms with Crippen molar-refractivity contribution in [3.8, 4) is 0 Å². The minimum absolute atomic E-state index is 0.0794. The normalized spacial score (nSPS) is 13.8. The Morgan fingerprint density at radius 2 is 1.38 bits per heavy atom. The number of carbonyl (C=O) groups excluding carboxylic acids is 1. The fourth-order valence-corrected chi connectivity index (χ4v) is 4.04. The highest BCUT2D eigenvalue weighted by Gasteiger charge is 2.26. The van der Waals surface area contributed by atoms with Crippen LogP contribution in [-0.2, 0) is 0 Å². The third kappa shape index (κ3) is 3.53. The monoisotopic (exact) mass is 343 g/mol. The molecule has 0 aromatic heterocycles. The highest BCUT2D eigenvalue weighted by atomic mass is 16.1. The van der Waals surface area contributed by atoms with E-state index in [-0.39, 0.29) is 12.6 Å². The summed E-state index contributed by atoms with van der Waals surface area (Å²) in [5, 5.41) is 0. The van der Waals surface area contributed by atoms with Crippen LogP contribution < -0.4 is 5.46 Å². The summed E-state index contributed by atoms with van der Waals surface area (Å²) in [6.07, 6.45) is 3.95. The number of hydrogen-bond donors (Lipinski definition) is 0. The summed E-state index contributed by atoms with van der Waals surface area (Å²) in [7, 11) is 2.04. The number of Topliss-reactive ketones (excluding diaryl/α,β-unsaturated/α-hetero) is 1. The van der Waals surface area contributed by atoms with Crippen molar-refractivity contribution in [3.63, 3.8) is 0 Å². The standard InChI is InChI=1S/C23H26BNO/c1-15-9-16(2)13-21(12-15)23(26)20-7-8-24(25(6)14-20)22-18(4)10-17(3)11-19(22)5/h7-14H,1-6H3. The van der Waals surface area contributed by atoms with Crippen LogP contribution in [0.5, 0.6) is 0 Å². The Hall–Kier alpha value is -2.55. The van der Waals surface area contributed by atoms with Gasteiger partial charge in [0.2, 0.25) is 0 Å². The van der Waals surface area contributed by atoms with Gasteiger partial charge in [-0.05, 0) is 65.5 Å². The molecule has 26 heavy (non-hydrogen) atoms. The van der Waals surface area contributed by atoms with Gasteiger partial charge in [-0.1, -0.05) is 58.1 Å². The van der Waals surface area contributed by atoms with Gasteiger partial charge in [0.05, 0.1) is 0 Å². The molecule has 132 valence electrons. The maximum atomic E-state index is 12.9. The van der Waals surface area contributed by atoms with Crippen LogP contribution in [-0.4, -0.2) is 24.5 Å². The number of benzene rings is 2. The molecule has 3 heteroatoms. The van der Waals surface area contributed by atoms with E-state index in [1.165, 1.54) is 22.2 Å². The molecule has 1 aliphatic heterocycles. The highest BCUT2D eigenvalue weighted by Crippen LogP contribution is 2.19. The molecule has 0 saturated carbocycles. The number of aryl methyl sites for hydroxylation is 5. The zero-order valence-electron chi connectivity index (χ0n) is 16.6. The van der Waals surface area contributed by atoms with Crippen LogP contribution in [0.4, 0.5) is 0 Å². The first-order valence-corrected chi connectivity index (χ1v) is 9.09. The van der Waals surface area contributed by atoms with Crippen molar-refractivity contribution in [2.24, 2.45) is 0 Å². The molecular formula is C23H26BNO. The summed E-state index contributed by atoms with van der Waals surface area (Å²) in [5.41, 5.74) is 8.92. The quantitative estimate of drug-likeness (QED) is 0.614. The molecule has 2 nitrogen and oxygen atoms in total. The van der Waals surface area contributed by atoms with Gasteiger partial charge in [-0.25, -0.2) is 0 Å². The zero-order valence-corrected chi connectivity index (χ0v) is 16.6. The third-order valence-electron chi connectivity index (χ3n) is 5.02. The summed E-state index contributed by atoms with van der Waals surface area (Å²) in [4.78, 5) is 15.1. The summed E-state index contributed by atoms with van der Waals surface area (Å²) in [6.45, 7) is 10.7. The van der Waals surface area contributed by atoms with Gasteiger partial charge in [0.15, 0.2) is 5.78 Å². The van der Waals surface area contributed by atoms with E-state index < -0.39 is 0 Å². The molecule has 0 spiro atoms. The minimum atomic E-state index is 0.0794. The largest absolute Gasteiger partial charge is 0.415 e. The van der Waals surface area contributed by atoms with Gasteiger partial charge in [-0.3, -0.25) is 4.79 Å². The highest BCUT2D eigenvalue weighted by molar-refractivity contribution is 6.76. The molecule has 0 atom stereocenters. The fourth-order valence-electron chi connectivity index (χ4n) is 4.04. The first-order valence-electron chi connectivity index (χ1n) is 9.09. The number of hydrogen-bond acceptors (Lipinski definition) is 2. The second-order valence-electron chi connectivity index (χ2n) is 7.57. The Kier molecular flexibility index (Phi) is 4.91. The van der Waals surface area contributed by atoms with Crippen molar-refractivity contribution in [2.45, 2.75) is 34.6 Å². The van der Waals surface area contributed by atoms with Crippen molar-refractivity contribution >= 4 is 18.1 Å². The van der Waals surface area contributed by atoms with Gasteiger partial charge in [-0.15, -0.1) is 0 Å². The van der Waals surface area contributed by atoms with Crippen LogP contribution in [0.15, 0.2) is 54.2 Å². The van der Waals surface area contributed by atoms with Crippen molar-refractivity contribution < 1.29 is 4.79 Å². The average Bonchev–Trinajstić information content (AvgIpc) is 2.53. The molecule has 0 fully saturated rings. The second-order valence-corrected chi connectivity index (χ2v) is 7.57. The maximum Gasteiger partial charge on any atom is 0.315 e. The van der Waals surface area contributed by atoms with Gasteiger partial charge in [0.1, 0.15) is 0 Å². The van der Waals surface area contributed by atoms with Crippen LogP contribution in [0.25, 0.3) is 0 Å². The Bertz CT molecular complexity index is 896. The molecular weight excluding hydrogens is 317 g/mol. The zero-order chi connectivity index (χ0) is 19.0. The van der Waals surface area contributed by atoms with Crippen LogP contribution >= 0.6 is 0 Å². The first-order chi connectivity index (χ1) is 12.3. The predicted octanol–water partition coefficient (Wildman–Crippen LogP) is 4.23. The maximum absolute atomic E-state index is 12.9. The van der Waals surface area contributed by atoms with Crippen LogP contribution in [0, 0.1) is 34.6 Å². The van der Waals surface area contributed by atoms with Crippen molar-refractivity contribution in [1.29, 1.82) is 0 Å². The molecule has 0 saturated heterocycles. The van der Waals surface area contributed by atoms with Crippen molar-refractivity contribution in [3.05, 3.63) is 87.5 Å². The lowest BCUT2D eigenvalue weighted by molar-refractivity contribution is 0.103. The smallest absolute Gasteiger partial charge is 0.315 e. The van der Waals surface area contributed by atoms with Crippen LogP contribution in [0.3, 0.4) is 0 Å². The van der Waals surface area contributed by atoms with Gasteiger partial charge in [0.25, 0.3) is 0 Å². The van der Waals surface area contributed by atoms with E-state index in [4.69, 9.17) is 0 Å². The molecule has 0 bridgehead atoms. The molecule has 0 radical (unpaired) electrons. The van der Waals surface area contributed by atoms with E-state index in [1.807, 2.05) is 45.3 Å². The van der Waals surface area contributed by atoms with Crippen molar-refractivity contribution in [1.82, 2.24) is 4.81 Å². The Morgan fingerprint density at radius 3 is 1.92 bits per heavy atom. The topological polar surface area (TPSA) is 20.3 Å². The predicted molar refractivity (Wildman–Crippen MR) is 111 cm³/mol. The van der Waals surface area contributed by atoms with Gasteiger partial charge >= 0.3 is 6.85 Å². The van der Waals surface area contributed by atoms with Gasteiger partial charge in [0, 0.05) is 11.1 Å². The van der Waals surface area contributed by atoms with E-state index in [9.17, 15) is 4.79 Å². The Labute approximate surface area is 157 Å².